The van der Waals surface area contributed by atoms with Crippen LogP contribution < -0.4 is 0 Å². The van der Waals surface area contributed by atoms with Crippen LogP contribution >= 0.6 is 0 Å². The Morgan fingerprint density at radius 1 is 1.30 bits per heavy atom. The minimum Gasteiger partial charge on any atom is -0.480 e. The molecule has 0 bridgehead atoms. The third-order valence-corrected chi connectivity index (χ3v) is 5.63. The fraction of sp³-hybridized carbons (Fsp3) is 0.333. The van der Waals surface area contributed by atoms with Gasteiger partial charge in [-0.15, -0.1) is 0 Å². The maximum atomic E-state index is 12.6. The van der Waals surface area contributed by atoms with Gasteiger partial charge >= 0.3 is 5.97 Å². The summed E-state index contributed by atoms with van der Waals surface area (Å²) in [6, 6.07) is 9.88. The van der Waals surface area contributed by atoms with Crippen LogP contribution in [-0.2, 0) is 27.8 Å². The van der Waals surface area contributed by atoms with Gasteiger partial charge in [-0.05, 0) is 25.0 Å². The summed E-state index contributed by atoms with van der Waals surface area (Å²) in [5.74, 6) is -1.20. The molecule has 0 radical (unpaired) electrons. The lowest BCUT2D eigenvalue weighted by Crippen LogP contribution is -2.41. The Kier molecular flexibility index (Phi) is 5.17. The Hall–Kier alpha value is -2.19. The minimum atomic E-state index is -3.92. The van der Waals surface area contributed by atoms with Crippen molar-refractivity contribution in [3.8, 4) is 0 Å². The van der Waals surface area contributed by atoms with Crippen molar-refractivity contribution in [2.75, 3.05) is 7.05 Å². The molecule has 0 saturated carbocycles. The van der Waals surface area contributed by atoms with Gasteiger partial charge in [0, 0.05) is 13.6 Å². The molecule has 8 heteroatoms. The Balaban J connectivity index is 2.21. The van der Waals surface area contributed by atoms with E-state index < -0.39 is 22.0 Å². The normalized spacial score (nSPS) is 13.2. The highest BCUT2D eigenvalue weighted by atomic mass is 32.2. The van der Waals surface area contributed by atoms with Gasteiger partial charge in [0.25, 0.3) is 10.0 Å². The maximum absolute atomic E-state index is 12.6. The molecule has 1 unspecified atom stereocenters. The van der Waals surface area contributed by atoms with Gasteiger partial charge in [-0.1, -0.05) is 30.3 Å². The minimum absolute atomic E-state index is 0.0102. The summed E-state index contributed by atoms with van der Waals surface area (Å²) in [6.45, 7) is 1.71. The van der Waals surface area contributed by atoms with Crippen LogP contribution in [0.2, 0.25) is 0 Å². The summed E-state index contributed by atoms with van der Waals surface area (Å²) < 4.78 is 27.4. The second kappa shape index (κ2) is 6.93. The summed E-state index contributed by atoms with van der Waals surface area (Å²) in [4.78, 5) is 11.0. The molecule has 0 saturated heterocycles. The van der Waals surface area contributed by atoms with Gasteiger partial charge in [-0.3, -0.25) is 9.48 Å². The third kappa shape index (κ3) is 3.77. The maximum Gasteiger partial charge on any atom is 0.321 e. The van der Waals surface area contributed by atoms with Crippen LogP contribution in [-0.4, -0.2) is 46.7 Å². The van der Waals surface area contributed by atoms with Crippen LogP contribution in [0.3, 0.4) is 0 Å². The van der Waals surface area contributed by atoms with E-state index in [-0.39, 0.29) is 5.03 Å². The molecule has 2 aromatic rings. The van der Waals surface area contributed by atoms with Crippen molar-refractivity contribution < 1.29 is 18.3 Å². The molecule has 7 nitrogen and oxygen atoms in total. The first-order chi connectivity index (χ1) is 10.8. The van der Waals surface area contributed by atoms with E-state index in [0.717, 1.165) is 9.87 Å². The van der Waals surface area contributed by atoms with E-state index in [1.807, 2.05) is 30.3 Å². The van der Waals surface area contributed by atoms with E-state index in [0.29, 0.717) is 13.0 Å². The van der Waals surface area contributed by atoms with E-state index in [1.165, 1.54) is 30.9 Å². The Morgan fingerprint density at radius 3 is 2.57 bits per heavy atom. The molecule has 1 N–H and O–H groups in total. The lowest BCUT2D eigenvalue weighted by molar-refractivity contribution is -0.140. The largest absolute Gasteiger partial charge is 0.480 e. The van der Waals surface area contributed by atoms with Crippen LogP contribution in [0.1, 0.15) is 12.5 Å². The first-order valence-corrected chi connectivity index (χ1v) is 8.54. The molecule has 1 atom stereocenters. The standard InChI is InChI=1S/C15H19N3O4S/c1-12(15(19)20)17(2)23(21,22)14-8-10-16-18(14)11-9-13-6-4-3-5-7-13/h3-8,10,12H,9,11H2,1-2H3,(H,19,20). The summed E-state index contributed by atoms with van der Waals surface area (Å²) in [5.41, 5.74) is 1.07. The summed E-state index contributed by atoms with van der Waals surface area (Å²) in [5, 5.41) is 13.0. The highest BCUT2D eigenvalue weighted by Crippen LogP contribution is 2.17. The SMILES string of the molecule is CC(C(=O)O)N(C)S(=O)(=O)c1ccnn1CCc1ccccc1. The van der Waals surface area contributed by atoms with Gasteiger partial charge < -0.3 is 5.11 Å². The molecular formula is C15H19N3O4S. The number of carboxylic acids is 1. The molecule has 0 aliphatic carbocycles. The monoisotopic (exact) mass is 337 g/mol. The van der Waals surface area contributed by atoms with E-state index in [1.54, 1.807) is 0 Å². The molecule has 1 aromatic carbocycles. The molecule has 0 amide bonds. The second-order valence-corrected chi connectivity index (χ2v) is 7.11. The molecule has 23 heavy (non-hydrogen) atoms. The van der Waals surface area contributed by atoms with Crippen molar-refractivity contribution >= 4 is 16.0 Å². The zero-order chi connectivity index (χ0) is 17.0. The average Bonchev–Trinajstić information content (AvgIpc) is 3.01. The number of hydrogen-bond acceptors (Lipinski definition) is 4. The number of sulfonamides is 1. The van der Waals surface area contributed by atoms with E-state index >= 15 is 0 Å². The molecule has 0 fully saturated rings. The van der Waals surface area contributed by atoms with Crippen molar-refractivity contribution in [2.45, 2.75) is 31.0 Å². The van der Waals surface area contributed by atoms with Crippen molar-refractivity contribution in [3.63, 3.8) is 0 Å². The summed E-state index contributed by atoms with van der Waals surface area (Å²) in [6.07, 6.45) is 2.03. The van der Waals surface area contributed by atoms with Crippen LogP contribution in [0.25, 0.3) is 0 Å². The molecule has 1 heterocycles. The van der Waals surface area contributed by atoms with Gasteiger partial charge in [0.1, 0.15) is 6.04 Å². The number of aryl methyl sites for hydroxylation is 2. The van der Waals surface area contributed by atoms with Crippen molar-refractivity contribution in [2.24, 2.45) is 0 Å². The quantitative estimate of drug-likeness (QED) is 0.820. The second-order valence-electron chi connectivity index (χ2n) is 5.16. The van der Waals surface area contributed by atoms with Crippen LogP contribution in [0.5, 0.6) is 0 Å². The van der Waals surface area contributed by atoms with Crippen LogP contribution in [0.4, 0.5) is 0 Å². The molecule has 124 valence electrons. The number of carboxylic acid groups (broad SMARTS) is 1. The summed E-state index contributed by atoms with van der Waals surface area (Å²) in [7, 11) is -2.67. The predicted molar refractivity (Wildman–Crippen MR) is 84.4 cm³/mol. The number of hydrogen-bond donors (Lipinski definition) is 1. The molecule has 2 rings (SSSR count). The number of rotatable bonds is 7. The van der Waals surface area contributed by atoms with E-state index in [4.69, 9.17) is 5.11 Å². The molecule has 1 aromatic heterocycles. The van der Waals surface area contributed by atoms with Gasteiger partial charge in [0.2, 0.25) is 0 Å². The number of carbonyl (C=O) groups is 1. The fourth-order valence-corrected chi connectivity index (χ4v) is 3.54. The average molecular weight is 337 g/mol. The number of benzene rings is 1. The van der Waals surface area contributed by atoms with Gasteiger partial charge in [0.15, 0.2) is 5.03 Å². The van der Waals surface area contributed by atoms with Gasteiger partial charge in [-0.2, -0.15) is 9.40 Å². The van der Waals surface area contributed by atoms with Crippen LogP contribution in [0.15, 0.2) is 47.6 Å². The highest BCUT2D eigenvalue weighted by Gasteiger charge is 2.31. The van der Waals surface area contributed by atoms with E-state index in [2.05, 4.69) is 5.10 Å². The third-order valence-electron chi connectivity index (χ3n) is 3.68. The number of nitrogens with zero attached hydrogens (tertiary/aromatic N) is 3. The molecular weight excluding hydrogens is 318 g/mol. The van der Waals surface area contributed by atoms with Crippen LogP contribution in [0, 0.1) is 0 Å². The number of aromatic nitrogens is 2. The predicted octanol–water partition coefficient (Wildman–Crippen LogP) is 1.22. The lowest BCUT2D eigenvalue weighted by atomic mass is 10.1. The zero-order valence-corrected chi connectivity index (χ0v) is 13.8. The Morgan fingerprint density at radius 2 is 1.96 bits per heavy atom. The molecule has 0 spiro atoms. The lowest BCUT2D eigenvalue weighted by Gasteiger charge is -2.21. The van der Waals surface area contributed by atoms with Crippen molar-refractivity contribution in [1.82, 2.24) is 14.1 Å². The fourth-order valence-electron chi connectivity index (χ4n) is 2.10. The topological polar surface area (TPSA) is 92.5 Å². The summed E-state index contributed by atoms with van der Waals surface area (Å²) >= 11 is 0. The van der Waals surface area contributed by atoms with Gasteiger partial charge in [-0.25, -0.2) is 8.42 Å². The molecule has 0 aliphatic heterocycles. The first kappa shape index (κ1) is 17.2. The van der Waals surface area contributed by atoms with E-state index in [9.17, 15) is 13.2 Å². The first-order valence-electron chi connectivity index (χ1n) is 7.10. The number of likely N-dealkylation sites (N-methyl/N-ethyl adjacent to an activating group) is 1. The smallest absolute Gasteiger partial charge is 0.321 e. The van der Waals surface area contributed by atoms with Crippen molar-refractivity contribution in [1.29, 1.82) is 0 Å². The Bertz CT molecular complexity index is 771. The van der Waals surface area contributed by atoms with Gasteiger partial charge in [0.05, 0.1) is 6.20 Å². The molecule has 0 aliphatic rings. The Labute approximate surface area is 135 Å². The zero-order valence-electron chi connectivity index (χ0n) is 13.0. The number of aliphatic carboxylic acids is 1. The van der Waals surface area contributed by atoms with Crippen molar-refractivity contribution in [3.05, 3.63) is 48.2 Å². The highest BCUT2D eigenvalue weighted by molar-refractivity contribution is 7.89.